The normalized spacial score (nSPS) is 19.3. The number of ketones is 1. The molecule has 1 unspecified atom stereocenters. The van der Waals surface area contributed by atoms with Gasteiger partial charge in [0.15, 0.2) is 5.78 Å². The molecule has 2 aromatic rings. The molecule has 0 aromatic heterocycles. The van der Waals surface area contributed by atoms with Crippen molar-refractivity contribution in [2.24, 2.45) is 0 Å². The summed E-state index contributed by atoms with van der Waals surface area (Å²) in [5, 5.41) is 0. The number of benzene rings is 2. The molecular formula is C17H11BrO2. The number of hydrogen-bond donors (Lipinski definition) is 0. The second kappa shape index (κ2) is 4.06. The van der Waals surface area contributed by atoms with Crippen molar-refractivity contribution in [2.45, 2.75) is 12.8 Å². The Labute approximate surface area is 125 Å². The molecule has 20 heavy (non-hydrogen) atoms. The molecule has 0 radical (unpaired) electrons. The lowest BCUT2D eigenvalue weighted by molar-refractivity contribution is 0.103. The molecule has 0 bridgehead atoms. The molecule has 1 aliphatic carbocycles. The first-order valence-corrected chi connectivity index (χ1v) is 7.28. The third-order valence-corrected chi connectivity index (χ3v) is 4.47. The van der Waals surface area contributed by atoms with Gasteiger partial charge in [-0.2, -0.15) is 0 Å². The van der Waals surface area contributed by atoms with Crippen molar-refractivity contribution in [3.8, 4) is 5.75 Å². The predicted octanol–water partition coefficient (Wildman–Crippen LogP) is 4.44. The minimum absolute atomic E-state index is 0.0000463. The Bertz CT molecular complexity index is 789. The zero-order valence-corrected chi connectivity index (χ0v) is 12.4. The molecule has 0 spiro atoms. The van der Waals surface area contributed by atoms with Gasteiger partial charge in [0.2, 0.25) is 0 Å². The molecule has 2 nitrogen and oxygen atoms in total. The lowest BCUT2D eigenvalue weighted by atomic mass is 9.87. The van der Waals surface area contributed by atoms with E-state index in [0.29, 0.717) is 5.76 Å². The second-order valence-electron chi connectivity index (χ2n) is 5.10. The molecule has 2 aromatic carbocycles. The summed E-state index contributed by atoms with van der Waals surface area (Å²) in [5.74, 6) is 1.64. The van der Waals surface area contributed by atoms with E-state index in [9.17, 15) is 4.79 Å². The summed E-state index contributed by atoms with van der Waals surface area (Å²) in [6.07, 6.45) is 0. The summed E-state index contributed by atoms with van der Waals surface area (Å²) in [5.41, 5.74) is 3.70. The first-order chi connectivity index (χ1) is 9.66. The Morgan fingerprint density at radius 2 is 1.90 bits per heavy atom. The van der Waals surface area contributed by atoms with Crippen LogP contribution in [0.5, 0.6) is 5.75 Å². The summed E-state index contributed by atoms with van der Waals surface area (Å²) in [6, 6.07) is 13.8. The molecular weight excluding hydrogens is 316 g/mol. The highest BCUT2D eigenvalue weighted by Gasteiger charge is 2.41. The maximum atomic E-state index is 12.6. The molecule has 98 valence electrons. The van der Waals surface area contributed by atoms with Crippen molar-refractivity contribution in [3.63, 3.8) is 0 Å². The summed E-state index contributed by atoms with van der Waals surface area (Å²) in [6.45, 7) is 1.87. The number of carbonyl (C=O) groups is 1. The van der Waals surface area contributed by atoms with Crippen LogP contribution < -0.4 is 4.74 Å². The van der Waals surface area contributed by atoms with Crippen LogP contribution in [-0.4, -0.2) is 5.78 Å². The first-order valence-electron chi connectivity index (χ1n) is 6.48. The van der Waals surface area contributed by atoms with Crippen molar-refractivity contribution < 1.29 is 9.53 Å². The zero-order chi connectivity index (χ0) is 13.9. The van der Waals surface area contributed by atoms with E-state index in [4.69, 9.17) is 4.74 Å². The molecule has 1 atom stereocenters. The number of carbonyl (C=O) groups excluding carboxylic acids is 1. The highest BCUT2D eigenvalue weighted by atomic mass is 79.9. The number of rotatable bonds is 0. The van der Waals surface area contributed by atoms with Crippen molar-refractivity contribution in [2.75, 3.05) is 0 Å². The average molecular weight is 327 g/mol. The maximum absolute atomic E-state index is 12.6. The molecule has 1 heterocycles. The van der Waals surface area contributed by atoms with Crippen LogP contribution in [0.3, 0.4) is 0 Å². The molecule has 0 amide bonds. The van der Waals surface area contributed by atoms with Crippen molar-refractivity contribution in [1.29, 1.82) is 0 Å². The van der Waals surface area contributed by atoms with Gasteiger partial charge in [0.25, 0.3) is 0 Å². The summed E-state index contributed by atoms with van der Waals surface area (Å²) in [7, 11) is 0. The molecule has 0 saturated carbocycles. The van der Waals surface area contributed by atoms with Gasteiger partial charge in [-0.25, -0.2) is 0 Å². The Hall–Kier alpha value is -1.87. The largest absolute Gasteiger partial charge is 0.461 e. The molecule has 3 heteroatoms. The van der Waals surface area contributed by atoms with Gasteiger partial charge in [-0.3, -0.25) is 4.79 Å². The van der Waals surface area contributed by atoms with Gasteiger partial charge in [-0.15, -0.1) is 0 Å². The van der Waals surface area contributed by atoms with E-state index in [2.05, 4.69) is 15.9 Å². The maximum Gasteiger partial charge on any atom is 0.193 e. The summed E-state index contributed by atoms with van der Waals surface area (Å²) < 4.78 is 6.84. The standard InChI is InChI=1S/C17H11BrO2/c1-9-15-16(11-4-2-3-5-12(11)17(15)19)13-8-10(18)6-7-14(13)20-9/h2-8,16H,1H3. The quantitative estimate of drug-likeness (QED) is 0.715. The number of halogens is 1. The topological polar surface area (TPSA) is 26.3 Å². The highest BCUT2D eigenvalue weighted by Crippen LogP contribution is 2.49. The molecule has 2 aliphatic rings. The van der Waals surface area contributed by atoms with Gasteiger partial charge in [-0.05, 0) is 30.7 Å². The number of allylic oxidation sites excluding steroid dienone is 2. The molecule has 0 saturated heterocycles. The predicted molar refractivity (Wildman–Crippen MR) is 80.1 cm³/mol. The highest BCUT2D eigenvalue weighted by molar-refractivity contribution is 9.10. The van der Waals surface area contributed by atoms with Crippen LogP contribution in [0.1, 0.15) is 34.3 Å². The van der Waals surface area contributed by atoms with E-state index in [1.807, 2.05) is 49.4 Å². The molecule has 0 fully saturated rings. The van der Waals surface area contributed by atoms with E-state index < -0.39 is 0 Å². The number of Topliss-reactive ketones (excluding diaryl/α,β-unsaturated/α-hetero) is 1. The lowest BCUT2D eigenvalue weighted by Crippen LogP contribution is -2.14. The second-order valence-corrected chi connectivity index (χ2v) is 6.02. The fourth-order valence-electron chi connectivity index (χ4n) is 3.13. The Balaban J connectivity index is 2.05. The van der Waals surface area contributed by atoms with Gasteiger partial charge < -0.3 is 4.74 Å². The molecule has 1 aliphatic heterocycles. The fourth-order valence-corrected chi connectivity index (χ4v) is 3.51. The van der Waals surface area contributed by atoms with E-state index >= 15 is 0 Å². The smallest absolute Gasteiger partial charge is 0.193 e. The van der Waals surface area contributed by atoms with Crippen LogP contribution in [0, 0.1) is 0 Å². The monoisotopic (exact) mass is 326 g/mol. The fraction of sp³-hybridized carbons (Fsp3) is 0.118. The van der Waals surface area contributed by atoms with Gasteiger partial charge in [0, 0.05) is 21.5 Å². The lowest BCUT2D eigenvalue weighted by Gasteiger charge is -2.25. The molecule has 4 rings (SSSR count). The van der Waals surface area contributed by atoms with Crippen LogP contribution in [0.2, 0.25) is 0 Å². The Morgan fingerprint density at radius 1 is 1.10 bits per heavy atom. The van der Waals surface area contributed by atoms with Gasteiger partial charge >= 0.3 is 0 Å². The summed E-state index contributed by atoms with van der Waals surface area (Å²) in [4.78, 5) is 12.6. The van der Waals surface area contributed by atoms with E-state index in [-0.39, 0.29) is 11.7 Å². The minimum Gasteiger partial charge on any atom is -0.461 e. The first kappa shape index (κ1) is 11.9. The number of hydrogen-bond acceptors (Lipinski definition) is 2. The van der Waals surface area contributed by atoms with Crippen LogP contribution in [0.25, 0.3) is 0 Å². The van der Waals surface area contributed by atoms with Crippen LogP contribution in [0.15, 0.2) is 58.3 Å². The van der Waals surface area contributed by atoms with Crippen LogP contribution in [-0.2, 0) is 0 Å². The number of ether oxygens (including phenoxy) is 1. The van der Waals surface area contributed by atoms with Crippen molar-refractivity contribution >= 4 is 21.7 Å². The minimum atomic E-state index is -0.0000463. The van der Waals surface area contributed by atoms with Gasteiger partial charge in [0.1, 0.15) is 11.5 Å². The summed E-state index contributed by atoms with van der Waals surface area (Å²) >= 11 is 3.50. The SMILES string of the molecule is CC1=C2C(=O)c3ccccc3C2c2cc(Br)ccc2O1. The number of fused-ring (bicyclic) bond motifs is 5. The van der Waals surface area contributed by atoms with Crippen LogP contribution in [0.4, 0.5) is 0 Å². The van der Waals surface area contributed by atoms with Crippen molar-refractivity contribution in [1.82, 2.24) is 0 Å². The third kappa shape index (κ3) is 1.47. The Kier molecular flexibility index (Phi) is 2.42. The van der Waals surface area contributed by atoms with E-state index in [0.717, 1.165) is 32.5 Å². The van der Waals surface area contributed by atoms with E-state index in [1.165, 1.54) is 0 Å². The zero-order valence-electron chi connectivity index (χ0n) is 10.8. The van der Waals surface area contributed by atoms with Crippen LogP contribution >= 0.6 is 15.9 Å². The van der Waals surface area contributed by atoms with Gasteiger partial charge in [0.05, 0.1) is 5.57 Å². The van der Waals surface area contributed by atoms with E-state index in [1.54, 1.807) is 0 Å². The Morgan fingerprint density at radius 3 is 2.75 bits per heavy atom. The molecule has 0 N–H and O–H groups in total. The average Bonchev–Trinajstić information content (AvgIpc) is 2.75. The third-order valence-electron chi connectivity index (χ3n) is 3.97. The van der Waals surface area contributed by atoms with Crippen molar-refractivity contribution in [3.05, 3.63) is 75.0 Å². The van der Waals surface area contributed by atoms with Gasteiger partial charge in [-0.1, -0.05) is 40.2 Å².